The first-order valence-corrected chi connectivity index (χ1v) is 8.04. The zero-order valence-corrected chi connectivity index (χ0v) is 13.7. The first-order valence-electron chi connectivity index (χ1n) is 8.04. The van der Waals surface area contributed by atoms with Crippen molar-refractivity contribution in [3.8, 4) is 0 Å². The van der Waals surface area contributed by atoms with Crippen molar-refractivity contribution < 1.29 is 14.3 Å². The van der Waals surface area contributed by atoms with Crippen LogP contribution in [-0.4, -0.2) is 61.1 Å². The number of nitrogens with one attached hydrogen (secondary N) is 1. The van der Waals surface area contributed by atoms with E-state index in [1.165, 1.54) is 21.6 Å². The standard InChI is InChI=1S/C17H23N3O3/c1-12-3-4-14(13(2)9-12)15-11-19(7-8-23-15)5-6-20-16(21)10-18-17(20)22/h3-4,9,15H,5-8,10-11H2,1-2H3,(H,18,22)/t15-/m0/s1. The van der Waals surface area contributed by atoms with Crippen LogP contribution in [0.25, 0.3) is 0 Å². The van der Waals surface area contributed by atoms with Crippen molar-refractivity contribution in [1.82, 2.24) is 15.1 Å². The fourth-order valence-electron chi connectivity index (χ4n) is 3.20. The van der Waals surface area contributed by atoms with E-state index < -0.39 is 0 Å². The number of imide groups is 1. The van der Waals surface area contributed by atoms with Gasteiger partial charge in [0, 0.05) is 26.2 Å². The lowest BCUT2D eigenvalue weighted by molar-refractivity contribution is -0.125. The summed E-state index contributed by atoms with van der Waals surface area (Å²) in [5.41, 5.74) is 3.71. The largest absolute Gasteiger partial charge is 0.371 e. The number of rotatable bonds is 4. The molecule has 0 aliphatic carbocycles. The number of hydrogen-bond donors (Lipinski definition) is 1. The van der Waals surface area contributed by atoms with Gasteiger partial charge in [-0.15, -0.1) is 0 Å². The Morgan fingerprint density at radius 1 is 1.26 bits per heavy atom. The van der Waals surface area contributed by atoms with E-state index in [2.05, 4.69) is 42.3 Å². The molecule has 3 amide bonds. The Kier molecular flexibility index (Phi) is 4.63. The van der Waals surface area contributed by atoms with Crippen molar-refractivity contribution >= 4 is 11.9 Å². The van der Waals surface area contributed by atoms with Crippen molar-refractivity contribution in [2.24, 2.45) is 0 Å². The van der Waals surface area contributed by atoms with Gasteiger partial charge in [-0.25, -0.2) is 4.79 Å². The Hall–Kier alpha value is -1.92. The molecule has 23 heavy (non-hydrogen) atoms. The molecule has 0 aromatic heterocycles. The minimum absolute atomic E-state index is 0.0486. The normalized spacial score (nSPS) is 22.5. The summed E-state index contributed by atoms with van der Waals surface area (Å²) >= 11 is 0. The number of benzene rings is 1. The van der Waals surface area contributed by atoms with E-state index in [0.29, 0.717) is 19.7 Å². The Bertz CT molecular complexity index is 601. The van der Waals surface area contributed by atoms with Crippen LogP contribution < -0.4 is 5.32 Å². The van der Waals surface area contributed by atoms with Crippen molar-refractivity contribution in [3.63, 3.8) is 0 Å². The quantitative estimate of drug-likeness (QED) is 0.849. The van der Waals surface area contributed by atoms with Gasteiger partial charge in [-0.1, -0.05) is 23.8 Å². The topological polar surface area (TPSA) is 61.9 Å². The SMILES string of the molecule is Cc1ccc([C@@H]2CN(CCN3C(=O)CNC3=O)CCO2)c(C)c1. The lowest BCUT2D eigenvalue weighted by atomic mass is 10.00. The number of ether oxygens (including phenoxy) is 1. The van der Waals surface area contributed by atoms with Crippen molar-refractivity contribution in [2.45, 2.75) is 20.0 Å². The van der Waals surface area contributed by atoms with Crippen LogP contribution in [0.5, 0.6) is 0 Å². The van der Waals surface area contributed by atoms with Gasteiger partial charge < -0.3 is 10.1 Å². The summed E-state index contributed by atoms with van der Waals surface area (Å²) in [5, 5.41) is 2.55. The van der Waals surface area contributed by atoms with Gasteiger partial charge in [-0.2, -0.15) is 0 Å². The van der Waals surface area contributed by atoms with E-state index in [1.54, 1.807) is 0 Å². The molecule has 6 heteroatoms. The number of nitrogens with zero attached hydrogens (tertiary/aromatic N) is 2. The molecule has 1 atom stereocenters. The van der Waals surface area contributed by atoms with E-state index >= 15 is 0 Å². The monoisotopic (exact) mass is 317 g/mol. The van der Waals surface area contributed by atoms with Gasteiger partial charge in [0.05, 0.1) is 19.3 Å². The Morgan fingerprint density at radius 2 is 2.09 bits per heavy atom. The fourth-order valence-corrected chi connectivity index (χ4v) is 3.20. The zero-order valence-electron chi connectivity index (χ0n) is 13.7. The average molecular weight is 317 g/mol. The van der Waals surface area contributed by atoms with E-state index in [-0.39, 0.29) is 24.6 Å². The molecule has 124 valence electrons. The molecule has 6 nitrogen and oxygen atoms in total. The highest BCUT2D eigenvalue weighted by molar-refractivity contribution is 6.01. The molecule has 0 bridgehead atoms. The summed E-state index contributed by atoms with van der Waals surface area (Å²) in [6, 6.07) is 6.13. The Morgan fingerprint density at radius 3 is 2.78 bits per heavy atom. The van der Waals surface area contributed by atoms with Crippen LogP contribution in [0.2, 0.25) is 0 Å². The molecule has 2 heterocycles. The molecule has 1 N–H and O–H groups in total. The molecule has 0 saturated carbocycles. The van der Waals surface area contributed by atoms with Crippen LogP contribution in [-0.2, 0) is 9.53 Å². The lowest BCUT2D eigenvalue weighted by Gasteiger charge is -2.34. The van der Waals surface area contributed by atoms with Gasteiger partial charge in [-0.3, -0.25) is 14.6 Å². The van der Waals surface area contributed by atoms with Gasteiger partial charge in [0.15, 0.2) is 0 Å². The molecule has 2 aliphatic rings. The van der Waals surface area contributed by atoms with E-state index in [1.807, 2.05) is 0 Å². The van der Waals surface area contributed by atoms with Crippen LogP contribution in [0.4, 0.5) is 4.79 Å². The highest BCUT2D eigenvalue weighted by atomic mass is 16.5. The molecule has 2 fully saturated rings. The minimum Gasteiger partial charge on any atom is -0.371 e. The summed E-state index contributed by atoms with van der Waals surface area (Å²) in [4.78, 5) is 26.7. The molecule has 0 unspecified atom stereocenters. The van der Waals surface area contributed by atoms with Gasteiger partial charge in [0.25, 0.3) is 0 Å². The van der Waals surface area contributed by atoms with Crippen LogP contribution in [0.15, 0.2) is 18.2 Å². The molecule has 2 aliphatic heterocycles. The summed E-state index contributed by atoms with van der Waals surface area (Å²) in [6.07, 6.45) is 0.0486. The number of aryl methyl sites for hydroxylation is 2. The third-order valence-electron chi connectivity index (χ3n) is 4.50. The van der Waals surface area contributed by atoms with E-state index in [9.17, 15) is 9.59 Å². The molecule has 2 saturated heterocycles. The number of urea groups is 1. The first-order chi connectivity index (χ1) is 11.0. The van der Waals surface area contributed by atoms with Crippen LogP contribution in [0, 0.1) is 13.8 Å². The molecule has 3 rings (SSSR count). The van der Waals surface area contributed by atoms with Crippen molar-refractivity contribution in [3.05, 3.63) is 34.9 Å². The molecular formula is C17H23N3O3. The van der Waals surface area contributed by atoms with E-state index in [0.717, 1.165) is 13.1 Å². The molecule has 0 radical (unpaired) electrons. The zero-order chi connectivity index (χ0) is 16.4. The summed E-state index contributed by atoms with van der Waals surface area (Å²) in [7, 11) is 0. The number of hydrogen-bond acceptors (Lipinski definition) is 4. The number of morpholine rings is 1. The van der Waals surface area contributed by atoms with Gasteiger partial charge >= 0.3 is 6.03 Å². The average Bonchev–Trinajstić information content (AvgIpc) is 2.84. The van der Waals surface area contributed by atoms with Crippen molar-refractivity contribution in [2.75, 3.05) is 39.3 Å². The van der Waals surface area contributed by atoms with Crippen LogP contribution in [0.1, 0.15) is 22.8 Å². The van der Waals surface area contributed by atoms with Gasteiger partial charge in [0.1, 0.15) is 0 Å². The first kappa shape index (κ1) is 16.0. The molecule has 1 aromatic carbocycles. The van der Waals surface area contributed by atoms with Crippen LogP contribution in [0.3, 0.4) is 0 Å². The van der Waals surface area contributed by atoms with Crippen LogP contribution >= 0.6 is 0 Å². The maximum Gasteiger partial charge on any atom is 0.324 e. The second-order valence-corrected chi connectivity index (χ2v) is 6.22. The second kappa shape index (κ2) is 6.68. The van der Waals surface area contributed by atoms with E-state index in [4.69, 9.17) is 4.74 Å². The predicted molar refractivity (Wildman–Crippen MR) is 86.2 cm³/mol. The fraction of sp³-hybridized carbons (Fsp3) is 0.529. The maximum atomic E-state index is 11.6. The lowest BCUT2D eigenvalue weighted by Crippen LogP contribution is -2.44. The Balaban J connectivity index is 1.60. The molecular weight excluding hydrogens is 294 g/mol. The second-order valence-electron chi connectivity index (χ2n) is 6.22. The number of carbonyl (C=O) groups excluding carboxylic acids is 2. The number of amides is 3. The predicted octanol–water partition coefficient (Wildman–Crippen LogP) is 1.23. The minimum atomic E-state index is -0.283. The summed E-state index contributed by atoms with van der Waals surface area (Å²) in [5.74, 6) is -0.144. The molecule has 1 aromatic rings. The van der Waals surface area contributed by atoms with Crippen molar-refractivity contribution in [1.29, 1.82) is 0 Å². The smallest absolute Gasteiger partial charge is 0.324 e. The number of carbonyl (C=O) groups is 2. The summed E-state index contributed by atoms with van der Waals surface area (Å²) < 4.78 is 5.93. The highest BCUT2D eigenvalue weighted by Gasteiger charge is 2.29. The molecule has 0 spiro atoms. The Labute approximate surface area is 136 Å². The van der Waals surface area contributed by atoms with Gasteiger partial charge in [-0.05, 0) is 25.0 Å². The highest BCUT2D eigenvalue weighted by Crippen LogP contribution is 2.25. The maximum absolute atomic E-state index is 11.6. The third kappa shape index (κ3) is 3.54. The summed E-state index contributed by atoms with van der Waals surface area (Å²) in [6.45, 7) is 7.71. The third-order valence-corrected chi connectivity index (χ3v) is 4.50. The van der Waals surface area contributed by atoms with Gasteiger partial charge in [0.2, 0.25) is 5.91 Å².